The molecule has 1 aromatic rings. The highest BCUT2D eigenvalue weighted by Crippen LogP contribution is 2.22. The van der Waals surface area contributed by atoms with E-state index in [4.69, 9.17) is 4.99 Å². The first-order valence-corrected chi connectivity index (χ1v) is 10.5. The van der Waals surface area contributed by atoms with Crippen molar-refractivity contribution in [2.75, 3.05) is 59.4 Å². The summed E-state index contributed by atoms with van der Waals surface area (Å²) in [5.41, 5.74) is 1.36. The zero-order valence-corrected chi connectivity index (χ0v) is 20.5. The highest BCUT2D eigenvalue weighted by Gasteiger charge is 2.20. The second-order valence-corrected chi connectivity index (χ2v) is 8.22. The van der Waals surface area contributed by atoms with E-state index >= 15 is 0 Å². The van der Waals surface area contributed by atoms with Crippen molar-refractivity contribution in [1.82, 2.24) is 20.4 Å². The van der Waals surface area contributed by atoms with Gasteiger partial charge in [-0.2, -0.15) is 0 Å². The van der Waals surface area contributed by atoms with Gasteiger partial charge < -0.3 is 20.4 Å². The third-order valence-electron chi connectivity index (χ3n) is 5.32. The molecule has 1 heterocycles. The van der Waals surface area contributed by atoms with Gasteiger partial charge in [0.15, 0.2) is 5.96 Å². The van der Waals surface area contributed by atoms with Crippen LogP contribution >= 0.6 is 24.0 Å². The predicted octanol–water partition coefficient (Wildman–Crippen LogP) is 3.16. The second kappa shape index (κ2) is 13.4. The van der Waals surface area contributed by atoms with Crippen LogP contribution in [0.2, 0.25) is 0 Å². The zero-order valence-electron chi connectivity index (χ0n) is 18.2. The molecule has 0 aromatic heterocycles. The van der Waals surface area contributed by atoms with Gasteiger partial charge in [0.05, 0.1) is 6.54 Å². The molecule has 0 radical (unpaired) electrons. The Morgan fingerprint density at radius 2 is 1.71 bits per heavy atom. The average molecular weight is 502 g/mol. The Bertz CT molecular complexity index is 553. The summed E-state index contributed by atoms with van der Waals surface area (Å²) in [6, 6.07) is 10.6. The highest BCUT2D eigenvalue weighted by molar-refractivity contribution is 14.0. The Morgan fingerprint density at radius 1 is 1.04 bits per heavy atom. The summed E-state index contributed by atoms with van der Waals surface area (Å²) in [5, 5.41) is 6.88. The molecule has 1 saturated heterocycles. The van der Waals surface area contributed by atoms with Crippen molar-refractivity contribution in [3.05, 3.63) is 35.9 Å². The van der Waals surface area contributed by atoms with Gasteiger partial charge in [-0.15, -0.1) is 24.0 Å². The van der Waals surface area contributed by atoms with Gasteiger partial charge in [-0.25, -0.2) is 0 Å². The Morgan fingerprint density at radius 3 is 2.36 bits per heavy atom. The number of hydrogen-bond acceptors (Lipinski definition) is 3. The minimum absolute atomic E-state index is 0. The third-order valence-corrected chi connectivity index (χ3v) is 5.32. The quantitative estimate of drug-likeness (QED) is 0.236. The van der Waals surface area contributed by atoms with Crippen LogP contribution in [0.5, 0.6) is 0 Å². The van der Waals surface area contributed by atoms with E-state index in [1.165, 1.54) is 51.1 Å². The maximum Gasteiger partial charge on any atom is 0.191 e. The number of benzene rings is 1. The summed E-state index contributed by atoms with van der Waals surface area (Å²) >= 11 is 0. The molecule has 0 aliphatic carbocycles. The van der Waals surface area contributed by atoms with E-state index in [0.29, 0.717) is 0 Å². The maximum absolute atomic E-state index is 4.84. The van der Waals surface area contributed by atoms with Crippen molar-refractivity contribution in [2.24, 2.45) is 4.99 Å². The van der Waals surface area contributed by atoms with E-state index < -0.39 is 0 Å². The summed E-state index contributed by atoms with van der Waals surface area (Å²) < 4.78 is 0. The smallest absolute Gasteiger partial charge is 0.191 e. The van der Waals surface area contributed by atoms with Crippen molar-refractivity contribution in [1.29, 1.82) is 0 Å². The first-order chi connectivity index (χ1) is 13.0. The van der Waals surface area contributed by atoms with Gasteiger partial charge in [-0.1, -0.05) is 44.2 Å². The Balaban J connectivity index is 0.00000392. The molecule has 1 aromatic carbocycles. The zero-order chi connectivity index (χ0) is 19.5. The van der Waals surface area contributed by atoms with Gasteiger partial charge in [-0.3, -0.25) is 4.99 Å². The average Bonchev–Trinajstić information content (AvgIpc) is 2.68. The van der Waals surface area contributed by atoms with E-state index in [-0.39, 0.29) is 29.4 Å². The Kier molecular flexibility index (Phi) is 12.0. The Hall–Kier alpha value is -0.860. The molecule has 2 rings (SSSR count). The van der Waals surface area contributed by atoms with Gasteiger partial charge in [-0.05, 0) is 38.9 Å². The van der Waals surface area contributed by atoms with Gasteiger partial charge in [0, 0.05) is 44.7 Å². The van der Waals surface area contributed by atoms with Gasteiger partial charge in [0.2, 0.25) is 0 Å². The number of aliphatic imine (C=N–C) groups is 1. The Labute approximate surface area is 189 Å². The molecule has 160 valence electrons. The van der Waals surface area contributed by atoms with Crippen LogP contribution in [0.25, 0.3) is 0 Å². The van der Waals surface area contributed by atoms with E-state index in [9.17, 15) is 0 Å². The number of unbranched alkanes of at least 4 members (excludes halogenated alkanes) is 1. The van der Waals surface area contributed by atoms with E-state index in [0.717, 1.165) is 25.6 Å². The monoisotopic (exact) mass is 501 g/mol. The first kappa shape index (κ1) is 25.2. The number of nitrogens with zero attached hydrogens (tertiary/aromatic N) is 3. The number of likely N-dealkylation sites (N-methyl/N-ethyl adjacent to an activating group) is 1. The lowest BCUT2D eigenvalue weighted by Crippen LogP contribution is -2.44. The maximum atomic E-state index is 4.84. The first-order valence-electron chi connectivity index (χ1n) is 10.5. The molecule has 1 aliphatic rings. The molecule has 5 nitrogen and oxygen atoms in total. The number of halogens is 1. The molecular weight excluding hydrogens is 461 g/mol. The molecule has 28 heavy (non-hydrogen) atoms. The molecule has 0 atom stereocenters. The molecule has 1 fully saturated rings. The van der Waals surface area contributed by atoms with Crippen molar-refractivity contribution in [3.63, 3.8) is 0 Å². The largest absolute Gasteiger partial charge is 0.357 e. The standard InChI is InChI=1S/C22H39N5.HI/c1-5-23-21(25-19-22(2,3)20-11-7-6-8-12-20)24-13-9-10-14-27-17-15-26(4)16-18-27;/h6-8,11-12H,5,9-10,13-19H2,1-4H3,(H2,23,24,25);1H. The number of nitrogens with one attached hydrogen (secondary N) is 2. The minimum Gasteiger partial charge on any atom is -0.357 e. The van der Waals surface area contributed by atoms with Crippen LogP contribution in [0.15, 0.2) is 35.3 Å². The third kappa shape index (κ3) is 9.09. The fourth-order valence-corrected chi connectivity index (χ4v) is 3.34. The number of rotatable bonds is 9. The summed E-state index contributed by atoms with van der Waals surface area (Å²) in [7, 11) is 2.21. The lowest BCUT2D eigenvalue weighted by molar-refractivity contribution is 0.152. The molecule has 0 unspecified atom stereocenters. The second-order valence-electron chi connectivity index (χ2n) is 8.22. The molecule has 0 bridgehead atoms. The van der Waals surface area contributed by atoms with Crippen LogP contribution in [-0.4, -0.2) is 75.2 Å². The summed E-state index contributed by atoms with van der Waals surface area (Å²) in [4.78, 5) is 9.83. The van der Waals surface area contributed by atoms with E-state index in [2.05, 4.69) is 78.6 Å². The van der Waals surface area contributed by atoms with Crippen LogP contribution in [0.4, 0.5) is 0 Å². The predicted molar refractivity (Wildman–Crippen MR) is 132 cm³/mol. The fourth-order valence-electron chi connectivity index (χ4n) is 3.34. The molecule has 6 heteroatoms. The van der Waals surface area contributed by atoms with E-state index in [1.54, 1.807) is 0 Å². The van der Waals surface area contributed by atoms with Crippen LogP contribution in [0, 0.1) is 0 Å². The van der Waals surface area contributed by atoms with Gasteiger partial charge in [0.1, 0.15) is 0 Å². The lowest BCUT2D eigenvalue weighted by atomic mass is 9.85. The van der Waals surface area contributed by atoms with Crippen molar-refractivity contribution < 1.29 is 0 Å². The van der Waals surface area contributed by atoms with Crippen LogP contribution < -0.4 is 10.6 Å². The molecular formula is C22H40IN5. The van der Waals surface area contributed by atoms with Gasteiger partial charge >= 0.3 is 0 Å². The molecule has 0 spiro atoms. The van der Waals surface area contributed by atoms with Crippen LogP contribution in [0.3, 0.4) is 0 Å². The molecule has 0 amide bonds. The summed E-state index contributed by atoms with van der Waals surface area (Å²) in [6.45, 7) is 15.3. The SMILES string of the molecule is CCNC(=NCC(C)(C)c1ccccc1)NCCCCN1CCN(C)CC1.I. The minimum atomic E-state index is 0. The number of guanidine groups is 1. The van der Waals surface area contributed by atoms with Crippen molar-refractivity contribution in [2.45, 2.75) is 39.0 Å². The molecule has 0 saturated carbocycles. The van der Waals surface area contributed by atoms with Crippen LogP contribution in [-0.2, 0) is 5.41 Å². The summed E-state index contributed by atoms with van der Waals surface area (Å²) in [6.07, 6.45) is 2.42. The topological polar surface area (TPSA) is 42.9 Å². The van der Waals surface area contributed by atoms with Crippen LogP contribution in [0.1, 0.15) is 39.2 Å². The molecule has 1 aliphatic heterocycles. The fraction of sp³-hybridized carbons (Fsp3) is 0.682. The highest BCUT2D eigenvalue weighted by atomic mass is 127. The summed E-state index contributed by atoms with van der Waals surface area (Å²) in [5.74, 6) is 0.932. The normalized spacial score (nSPS) is 16.5. The van der Waals surface area contributed by atoms with Crippen molar-refractivity contribution >= 4 is 29.9 Å². The van der Waals surface area contributed by atoms with E-state index in [1.807, 2.05) is 0 Å². The number of hydrogen-bond donors (Lipinski definition) is 2. The van der Waals surface area contributed by atoms with Gasteiger partial charge in [0.25, 0.3) is 0 Å². The lowest BCUT2D eigenvalue weighted by Gasteiger charge is -2.32. The van der Waals surface area contributed by atoms with Crippen molar-refractivity contribution in [3.8, 4) is 0 Å². The molecule has 2 N–H and O–H groups in total. The number of piperazine rings is 1.